The predicted octanol–water partition coefficient (Wildman–Crippen LogP) is 4.64. The Morgan fingerprint density at radius 2 is 1.90 bits per heavy atom. The van der Waals surface area contributed by atoms with E-state index in [1.807, 2.05) is 43.0 Å². The van der Waals surface area contributed by atoms with Gasteiger partial charge in [-0.1, -0.05) is 41.4 Å². The van der Waals surface area contributed by atoms with Crippen LogP contribution in [-0.4, -0.2) is 49.1 Å². The van der Waals surface area contributed by atoms with E-state index in [0.717, 1.165) is 61.0 Å². The first-order valence-electron chi connectivity index (χ1n) is 10.1. The lowest BCUT2D eigenvalue weighted by Gasteiger charge is -2.25. The van der Waals surface area contributed by atoms with Crippen LogP contribution in [0.4, 0.5) is 4.79 Å². The Labute approximate surface area is 178 Å². The lowest BCUT2D eigenvalue weighted by Crippen LogP contribution is -2.43. The number of methoxy groups -OCH3 is 1. The molecule has 1 fully saturated rings. The number of hydrogen-bond acceptors (Lipinski definition) is 3. The maximum Gasteiger partial charge on any atom is 0.317 e. The van der Waals surface area contributed by atoms with Crippen LogP contribution in [0.3, 0.4) is 0 Å². The first-order chi connectivity index (χ1) is 14.0. The summed E-state index contributed by atoms with van der Waals surface area (Å²) in [6, 6.07) is 13.9. The fourth-order valence-electron chi connectivity index (χ4n) is 3.73. The number of carbonyl (C=O) groups is 1. The lowest BCUT2D eigenvalue weighted by atomic mass is 10.0. The lowest BCUT2D eigenvalue weighted by molar-refractivity contribution is 0.194. The predicted molar refractivity (Wildman–Crippen MR) is 118 cm³/mol. The SMILES string of the molecule is COc1ccc(C)cc1C(C)NC(=O)N1CCCN(Cc2ccc(Cl)cc2)CC1. The standard InChI is InChI=1S/C23H30ClN3O2/c1-17-5-10-22(29-3)21(15-17)18(2)25-23(28)27-12-4-11-26(13-14-27)16-19-6-8-20(24)9-7-19/h5-10,15,18H,4,11-14,16H2,1-3H3,(H,25,28). The molecule has 0 aliphatic carbocycles. The van der Waals surface area contributed by atoms with Gasteiger partial charge in [0.25, 0.3) is 0 Å². The molecule has 1 heterocycles. The van der Waals surface area contributed by atoms with E-state index in [1.165, 1.54) is 5.56 Å². The molecule has 1 saturated heterocycles. The van der Waals surface area contributed by atoms with Crippen molar-refractivity contribution in [2.45, 2.75) is 32.9 Å². The molecule has 2 aromatic carbocycles. The van der Waals surface area contributed by atoms with Gasteiger partial charge in [0.15, 0.2) is 0 Å². The molecule has 0 radical (unpaired) electrons. The van der Waals surface area contributed by atoms with Gasteiger partial charge in [0.05, 0.1) is 13.2 Å². The molecule has 5 nitrogen and oxygen atoms in total. The minimum atomic E-state index is -0.120. The van der Waals surface area contributed by atoms with Crippen LogP contribution in [0.1, 0.15) is 36.1 Å². The molecular formula is C23H30ClN3O2. The van der Waals surface area contributed by atoms with Gasteiger partial charge < -0.3 is 15.0 Å². The number of amides is 2. The van der Waals surface area contributed by atoms with Gasteiger partial charge >= 0.3 is 6.03 Å². The number of nitrogens with zero attached hydrogens (tertiary/aromatic N) is 2. The third-order valence-electron chi connectivity index (χ3n) is 5.39. The third kappa shape index (κ3) is 5.87. The summed E-state index contributed by atoms with van der Waals surface area (Å²) in [5, 5.41) is 3.90. The molecule has 0 saturated carbocycles. The van der Waals surface area contributed by atoms with E-state index in [-0.39, 0.29) is 12.1 Å². The Bertz CT molecular complexity index is 825. The normalized spacial score (nSPS) is 16.2. The van der Waals surface area contributed by atoms with Gasteiger partial charge in [-0.3, -0.25) is 4.90 Å². The van der Waals surface area contributed by atoms with Crippen molar-refractivity contribution in [2.75, 3.05) is 33.3 Å². The summed E-state index contributed by atoms with van der Waals surface area (Å²) >= 11 is 5.98. The van der Waals surface area contributed by atoms with Crippen LogP contribution in [0.25, 0.3) is 0 Å². The number of halogens is 1. The minimum Gasteiger partial charge on any atom is -0.496 e. The topological polar surface area (TPSA) is 44.8 Å². The van der Waals surface area contributed by atoms with Gasteiger partial charge in [-0.2, -0.15) is 0 Å². The fourth-order valence-corrected chi connectivity index (χ4v) is 3.85. The van der Waals surface area contributed by atoms with E-state index in [9.17, 15) is 4.79 Å². The van der Waals surface area contributed by atoms with Crippen LogP contribution in [0.15, 0.2) is 42.5 Å². The van der Waals surface area contributed by atoms with Crippen molar-refractivity contribution in [2.24, 2.45) is 0 Å². The molecule has 2 aromatic rings. The van der Waals surface area contributed by atoms with E-state index in [0.29, 0.717) is 0 Å². The summed E-state index contributed by atoms with van der Waals surface area (Å²) < 4.78 is 5.47. The third-order valence-corrected chi connectivity index (χ3v) is 5.64. The van der Waals surface area contributed by atoms with Crippen molar-refractivity contribution in [3.8, 4) is 5.75 Å². The Hall–Kier alpha value is -2.24. The zero-order valence-electron chi connectivity index (χ0n) is 17.5. The highest BCUT2D eigenvalue weighted by molar-refractivity contribution is 6.30. The number of urea groups is 1. The minimum absolute atomic E-state index is 0.0191. The molecule has 1 N–H and O–H groups in total. The number of nitrogens with one attached hydrogen (secondary N) is 1. The molecule has 1 unspecified atom stereocenters. The maximum absolute atomic E-state index is 12.9. The number of hydrogen-bond donors (Lipinski definition) is 1. The molecule has 1 aliphatic heterocycles. The van der Waals surface area contributed by atoms with Crippen molar-refractivity contribution < 1.29 is 9.53 Å². The van der Waals surface area contributed by atoms with Crippen LogP contribution in [0.5, 0.6) is 5.75 Å². The molecule has 1 atom stereocenters. The number of benzene rings is 2. The van der Waals surface area contributed by atoms with Crippen LogP contribution >= 0.6 is 11.6 Å². The van der Waals surface area contributed by atoms with Gasteiger partial charge in [-0.15, -0.1) is 0 Å². The van der Waals surface area contributed by atoms with Crippen LogP contribution in [0.2, 0.25) is 5.02 Å². The van der Waals surface area contributed by atoms with Crippen molar-refractivity contribution in [3.05, 3.63) is 64.2 Å². The highest BCUT2D eigenvalue weighted by Gasteiger charge is 2.22. The first kappa shape index (κ1) is 21.5. The number of aryl methyl sites for hydroxylation is 1. The van der Waals surface area contributed by atoms with Crippen molar-refractivity contribution in [1.29, 1.82) is 0 Å². The zero-order chi connectivity index (χ0) is 20.8. The highest BCUT2D eigenvalue weighted by atomic mass is 35.5. The zero-order valence-corrected chi connectivity index (χ0v) is 18.2. The molecule has 156 valence electrons. The highest BCUT2D eigenvalue weighted by Crippen LogP contribution is 2.26. The summed E-state index contributed by atoms with van der Waals surface area (Å²) in [5.74, 6) is 0.799. The van der Waals surface area contributed by atoms with E-state index in [4.69, 9.17) is 16.3 Å². The summed E-state index contributed by atoms with van der Waals surface area (Å²) in [4.78, 5) is 17.2. The van der Waals surface area contributed by atoms with Crippen LogP contribution in [-0.2, 0) is 6.54 Å². The average Bonchev–Trinajstić information content (AvgIpc) is 2.95. The molecule has 1 aliphatic rings. The number of carbonyl (C=O) groups excluding carboxylic acids is 1. The van der Waals surface area contributed by atoms with Crippen molar-refractivity contribution in [3.63, 3.8) is 0 Å². The molecule has 0 bridgehead atoms. The van der Waals surface area contributed by atoms with Crippen LogP contribution in [0, 0.1) is 6.92 Å². The maximum atomic E-state index is 12.9. The van der Waals surface area contributed by atoms with Gasteiger partial charge in [0.1, 0.15) is 5.75 Å². The largest absolute Gasteiger partial charge is 0.496 e. The second-order valence-corrected chi connectivity index (χ2v) is 8.10. The Morgan fingerprint density at radius 1 is 1.14 bits per heavy atom. The van der Waals surface area contributed by atoms with Gasteiger partial charge in [-0.05, 0) is 44.0 Å². The number of rotatable bonds is 5. The molecule has 3 rings (SSSR count). The monoisotopic (exact) mass is 415 g/mol. The Balaban J connectivity index is 1.56. The molecular weight excluding hydrogens is 386 g/mol. The second-order valence-electron chi connectivity index (χ2n) is 7.66. The first-order valence-corrected chi connectivity index (χ1v) is 10.5. The van der Waals surface area contributed by atoms with E-state index < -0.39 is 0 Å². The summed E-state index contributed by atoms with van der Waals surface area (Å²) in [6.45, 7) is 8.24. The average molecular weight is 416 g/mol. The van der Waals surface area contributed by atoms with Gasteiger partial charge in [0, 0.05) is 43.3 Å². The molecule has 2 amide bonds. The van der Waals surface area contributed by atoms with Gasteiger partial charge in [0.2, 0.25) is 0 Å². The number of ether oxygens (including phenoxy) is 1. The second kappa shape index (κ2) is 9.99. The Kier molecular flexibility index (Phi) is 7.40. The van der Waals surface area contributed by atoms with Crippen molar-refractivity contribution >= 4 is 17.6 Å². The molecule has 29 heavy (non-hydrogen) atoms. The Morgan fingerprint density at radius 3 is 2.62 bits per heavy atom. The summed E-state index contributed by atoms with van der Waals surface area (Å²) in [5.41, 5.74) is 3.39. The van der Waals surface area contributed by atoms with E-state index in [2.05, 4.69) is 28.4 Å². The van der Waals surface area contributed by atoms with E-state index >= 15 is 0 Å². The quantitative estimate of drug-likeness (QED) is 0.773. The fraction of sp³-hybridized carbons (Fsp3) is 0.435. The van der Waals surface area contributed by atoms with Crippen molar-refractivity contribution in [1.82, 2.24) is 15.1 Å². The van der Waals surface area contributed by atoms with Crippen LogP contribution < -0.4 is 10.1 Å². The smallest absolute Gasteiger partial charge is 0.317 e. The molecule has 0 aromatic heterocycles. The summed E-state index contributed by atoms with van der Waals surface area (Å²) in [6.07, 6.45) is 0.961. The molecule has 6 heteroatoms. The van der Waals surface area contributed by atoms with E-state index in [1.54, 1.807) is 7.11 Å². The molecule has 0 spiro atoms. The summed E-state index contributed by atoms with van der Waals surface area (Å²) in [7, 11) is 1.66. The van der Waals surface area contributed by atoms with Gasteiger partial charge in [-0.25, -0.2) is 4.79 Å².